The highest BCUT2D eigenvalue weighted by molar-refractivity contribution is 5.89. The summed E-state index contributed by atoms with van der Waals surface area (Å²) >= 11 is 0. The summed E-state index contributed by atoms with van der Waals surface area (Å²) in [5.41, 5.74) is 0.791. The molecule has 1 rings (SSSR count). The monoisotopic (exact) mass is 324 g/mol. The van der Waals surface area contributed by atoms with Crippen molar-refractivity contribution in [3.63, 3.8) is 0 Å². The van der Waals surface area contributed by atoms with E-state index in [-0.39, 0.29) is 6.61 Å². The van der Waals surface area contributed by atoms with E-state index in [4.69, 9.17) is 9.84 Å². The van der Waals surface area contributed by atoms with Crippen LogP contribution in [0.1, 0.15) is 19.4 Å². The average Bonchev–Trinajstić information content (AvgIpc) is 2.50. The van der Waals surface area contributed by atoms with Gasteiger partial charge >= 0.3 is 12.1 Å². The van der Waals surface area contributed by atoms with Gasteiger partial charge in [0, 0.05) is 0 Å². The Balaban J connectivity index is 2.44. The SMILES string of the molecule is C[C@H](O)[C@@H](NC(=O)[C@@H](C)NC(=O)OCc1ccccc1)C(=O)O. The third-order valence-corrected chi connectivity index (χ3v) is 2.99. The van der Waals surface area contributed by atoms with Crippen LogP contribution in [0.3, 0.4) is 0 Å². The van der Waals surface area contributed by atoms with Crippen LogP contribution in [0.5, 0.6) is 0 Å². The summed E-state index contributed by atoms with van der Waals surface area (Å²) in [4.78, 5) is 34.3. The van der Waals surface area contributed by atoms with Gasteiger partial charge < -0.3 is 25.6 Å². The predicted molar refractivity (Wildman–Crippen MR) is 80.5 cm³/mol. The molecule has 0 aliphatic heterocycles. The zero-order valence-corrected chi connectivity index (χ0v) is 12.9. The van der Waals surface area contributed by atoms with Gasteiger partial charge in [0.15, 0.2) is 6.04 Å². The normalized spacial score (nSPS) is 14.2. The minimum atomic E-state index is -1.45. The summed E-state index contributed by atoms with van der Waals surface area (Å²) < 4.78 is 4.95. The van der Waals surface area contributed by atoms with E-state index in [1.807, 2.05) is 6.07 Å². The Morgan fingerprint density at radius 1 is 1.13 bits per heavy atom. The maximum atomic E-state index is 11.8. The lowest BCUT2D eigenvalue weighted by Gasteiger charge is -2.20. The minimum Gasteiger partial charge on any atom is -0.480 e. The van der Waals surface area contributed by atoms with Crippen LogP contribution >= 0.6 is 0 Å². The van der Waals surface area contributed by atoms with Gasteiger partial charge in [-0.05, 0) is 19.4 Å². The maximum Gasteiger partial charge on any atom is 0.408 e. The average molecular weight is 324 g/mol. The number of alkyl carbamates (subject to hydrolysis) is 1. The summed E-state index contributed by atoms with van der Waals surface area (Å²) in [6.07, 6.45) is -2.07. The molecule has 126 valence electrons. The molecular weight excluding hydrogens is 304 g/mol. The summed E-state index contributed by atoms with van der Waals surface area (Å²) in [6.45, 7) is 2.66. The van der Waals surface area contributed by atoms with E-state index in [2.05, 4.69) is 10.6 Å². The van der Waals surface area contributed by atoms with Crippen LogP contribution in [-0.2, 0) is 20.9 Å². The highest BCUT2D eigenvalue weighted by Crippen LogP contribution is 2.01. The summed E-state index contributed by atoms with van der Waals surface area (Å²) in [6, 6.07) is 6.53. The fourth-order valence-corrected chi connectivity index (χ4v) is 1.67. The van der Waals surface area contributed by atoms with Crippen molar-refractivity contribution in [2.45, 2.75) is 38.6 Å². The van der Waals surface area contributed by atoms with Crippen LogP contribution < -0.4 is 10.6 Å². The molecular formula is C15H20N2O6. The third-order valence-electron chi connectivity index (χ3n) is 2.99. The van der Waals surface area contributed by atoms with Gasteiger partial charge in [0.25, 0.3) is 0 Å². The molecule has 0 aliphatic rings. The number of aliphatic hydroxyl groups is 1. The lowest BCUT2D eigenvalue weighted by atomic mass is 10.1. The molecule has 0 spiro atoms. The van der Waals surface area contributed by atoms with Crippen LogP contribution in [0.2, 0.25) is 0 Å². The third kappa shape index (κ3) is 6.35. The lowest BCUT2D eigenvalue weighted by molar-refractivity contribution is -0.145. The summed E-state index contributed by atoms with van der Waals surface area (Å²) in [5, 5.41) is 22.6. The van der Waals surface area contributed by atoms with Gasteiger partial charge in [-0.25, -0.2) is 9.59 Å². The Hall–Kier alpha value is -2.61. The number of rotatable bonds is 7. The first-order chi connectivity index (χ1) is 10.8. The number of carbonyl (C=O) groups is 3. The highest BCUT2D eigenvalue weighted by Gasteiger charge is 2.27. The number of nitrogens with one attached hydrogen (secondary N) is 2. The number of amides is 2. The van der Waals surface area contributed by atoms with Crippen LogP contribution in [0.25, 0.3) is 0 Å². The first-order valence-electron chi connectivity index (χ1n) is 6.99. The Morgan fingerprint density at radius 3 is 2.26 bits per heavy atom. The molecule has 0 radical (unpaired) electrons. The predicted octanol–water partition coefficient (Wildman–Crippen LogP) is 0.251. The van der Waals surface area contributed by atoms with Crippen molar-refractivity contribution in [2.24, 2.45) is 0 Å². The highest BCUT2D eigenvalue weighted by atomic mass is 16.5. The molecule has 23 heavy (non-hydrogen) atoms. The number of aliphatic carboxylic acids is 1. The number of hydrogen-bond donors (Lipinski definition) is 4. The molecule has 0 saturated carbocycles. The molecule has 2 amide bonds. The number of carboxylic acid groups (broad SMARTS) is 1. The van der Waals surface area contributed by atoms with Crippen LogP contribution in [-0.4, -0.2) is 46.4 Å². The molecule has 8 heteroatoms. The van der Waals surface area contributed by atoms with E-state index < -0.39 is 36.2 Å². The standard InChI is InChI=1S/C15H20N2O6/c1-9(13(19)17-12(10(2)18)14(20)21)16-15(22)23-8-11-6-4-3-5-7-11/h3-7,9-10,12,18H,8H2,1-2H3,(H,16,22)(H,17,19)(H,20,21)/t9-,10+,12-/m1/s1. The van der Waals surface area contributed by atoms with E-state index in [9.17, 15) is 19.5 Å². The number of hydrogen-bond acceptors (Lipinski definition) is 5. The van der Waals surface area contributed by atoms with Crippen LogP contribution in [0.15, 0.2) is 30.3 Å². The Morgan fingerprint density at radius 2 is 1.74 bits per heavy atom. The van der Waals surface area contributed by atoms with Crippen molar-refractivity contribution >= 4 is 18.0 Å². The summed E-state index contributed by atoms with van der Waals surface area (Å²) in [5.74, 6) is -2.11. The molecule has 0 aliphatic carbocycles. The number of aliphatic hydroxyl groups excluding tert-OH is 1. The zero-order valence-electron chi connectivity index (χ0n) is 12.9. The number of carboxylic acids is 1. The van der Waals surface area contributed by atoms with Crippen molar-refractivity contribution in [1.82, 2.24) is 10.6 Å². The molecule has 0 unspecified atom stereocenters. The van der Waals surface area contributed by atoms with Gasteiger partial charge in [0.2, 0.25) is 5.91 Å². The van der Waals surface area contributed by atoms with E-state index in [1.165, 1.54) is 13.8 Å². The molecule has 1 aromatic carbocycles. The Kier molecular flexibility index (Phi) is 7.01. The van der Waals surface area contributed by atoms with Crippen molar-refractivity contribution < 1.29 is 29.3 Å². The first kappa shape index (κ1) is 18.4. The zero-order chi connectivity index (χ0) is 17.4. The molecule has 3 atom stereocenters. The van der Waals surface area contributed by atoms with E-state index in [0.717, 1.165) is 5.56 Å². The molecule has 0 bridgehead atoms. The molecule has 1 aromatic rings. The Bertz CT molecular complexity index is 546. The van der Waals surface area contributed by atoms with Gasteiger partial charge in [-0.1, -0.05) is 30.3 Å². The number of ether oxygens (including phenoxy) is 1. The van der Waals surface area contributed by atoms with Crippen molar-refractivity contribution in [1.29, 1.82) is 0 Å². The summed E-state index contributed by atoms with van der Waals surface area (Å²) in [7, 11) is 0. The smallest absolute Gasteiger partial charge is 0.408 e. The lowest BCUT2D eigenvalue weighted by Crippen LogP contribution is -2.53. The van der Waals surface area contributed by atoms with Gasteiger partial charge in [-0.3, -0.25) is 4.79 Å². The molecule has 4 N–H and O–H groups in total. The number of benzene rings is 1. The number of carbonyl (C=O) groups excluding carboxylic acids is 2. The van der Waals surface area contributed by atoms with E-state index in [1.54, 1.807) is 24.3 Å². The second-order valence-corrected chi connectivity index (χ2v) is 4.99. The second kappa shape index (κ2) is 8.74. The fourth-order valence-electron chi connectivity index (χ4n) is 1.67. The maximum absolute atomic E-state index is 11.8. The topological polar surface area (TPSA) is 125 Å². The molecule has 0 saturated heterocycles. The van der Waals surface area contributed by atoms with Crippen LogP contribution in [0.4, 0.5) is 4.79 Å². The minimum absolute atomic E-state index is 0.0481. The fraction of sp³-hybridized carbons (Fsp3) is 0.400. The second-order valence-electron chi connectivity index (χ2n) is 4.99. The van der Waals surface area contributed by atoms with Crippen molar-refractivity contribution in [2.75, 3.05) is 0 Å². The van der Waals surface area contributed by atoms with Crippen LogP contribution in [0, 0.1) is 0 Å². The van der Waals surface area contributed by atoms with Gasteiger partial charge in [0.1, 0.15) is 12.6 Å². The van der Waals surface area contributed by atoms with E-state index in [0.29, 0.717) is 0 Å². The van der Waals surface area contributed by atoms with Gasteiger partial charge in [-0.15, -0.1) is 0 Å². The van der Waals surface area contributed by atoms with Gasteiger partial charge in [0.05, 0.1) is 6.10 Å². The first-order valence-corrected chi connectivity index (χ1v) is 6.99. The van der Waals surface area contributed by atoms with Crippen molar-refractivity contribution in [3.05, 3.63) is 35.9 Å². The largest absolute Gasteiger partial charge is 0.480 e. The molecule has 0 aromatic heterocycles. The van der Waals surface area contributed by atoms with Gasteiger partial charge in [-0.2, -0.15) is 0 Å². The molecule has 0 fully saturated rings. The quantitative estimate of drug-likeness (QED) is 0.570. The van der Waals surface area contributed by atoms with E-state index >= 15 is 0 Å². The Labute approximate surface area is 133 Å². The van der Waals surface area contributed by atoms with Crippen molar-refractivity contribution in [3.8, 4) is 0 Å². The molecule has 0 heterocycles. The molecule has 8 nitrogen and oxygen atoms in total.